The number of hydrogen-bond donors (Lipinski definition) is 0. The molecule has 0 bridgehead atoms. The van der Waals surface area contributed by atoms with Gasteiger partial charge in [-0.3, -0.25) is 9.59 Å². The maximum atomic E-state index is 12.9. The molecule has 8 heteroatoms. The molecule has 0 unspecified atom stereocenters. The van der Waals surface area contributed by atoms with E-state index in [0.29, 0.717) is 37.5 Å². The molecule has 26 heavy (non-hydrogen) atoms. The van der Waals surface area contributed by atoms with Crippen molar-refractivity contribution in [2.45, 2.75) is 32.4 Å². The van der Waals surface area contributed by atoms with Gasteiger partial charge >= 0.3 is 0 Å². The highest BCUT2D eigenvalue weighted by Gasteiger charge is 2.34. The molecule has 2 amide bonds. The molecule has 0 saturated heterocycles. The second-order valence-electron chi connectivity index (χ2n) is 6.52. The fraction of sp³-hybridized carbons (Fsp3) is 0.389. The Bertz CT molecular complexity index is 888. The predicted octanol–water partition coefficient (Wildman–Crippen LogP) is 1.46. The van der Waals surface area contributed by atoms with Crippen molar-refractivity contribution in [2.75, 3.05) is 13.6 Å². The van der Waals surface area contributed by atoms with Crippen LogP contribution in [0.3, 0.4) is 0 Å². The maximum Gasteiger partial charge on any atom is 0.270 e. The van der Waals surface area contributed by atoms with Crippen LogP contribution in [0.5, 0.6) is 0 Å². The summed E-state index contributed by atoms with van der Waals surface area (Å²) in [4.78, 5) is 30.9. The topological polar surface area (TPSA) is 83.7 Å². The average molecular weight is 352 g/mol. The van der Waals surface area contributed by atoms with Crippen molar-refractivity contribution in [1.29, 1.82) is 0 Å². The zero-order valence-corrected chi connectivity index (χ0v) is 14.8. The largest absolute Gasteiger partial charge is 0.326 e. The number of carbonyl (C=O) groups excluding carboxylic acids is 2. The predicted molar refractivity (Wildman–Crippen MR) is 95.0 cm³/mol. The first kappa shape index (κ1) is 16.4. The van der Waals surface area contributed by atoms with Crippen LogP contribution in [0.2, 0.25) is 0 Å². The van der Waals surface area contributed by atoms with E-state index in [1.807, 2.05) is 41.9 Å². The van der Waals surface area contributed by atoms with Crippen LogP contribution in [0, 0.1) is 0 Å². The van der Waals surface area contributed by atoms with E-state index in [0.717, 1.165) is 11.4 Å². The Morgan fingerprint density at radius 2 is 1.92 bits per heavy atom. The van der Waals surface area contributed by atoms with Crippen molar-refractivity contribution in [2.24, 2.45) is 5.10 Å². The molecule has 0 N–H and O–H groups in total. The third-order valence-corrected chi connectivity index (χ3v) is 4.84. The van der Waals surface area contributed by atoms with Crippen LogP contribution in [0.4, 0.5) is 0 Å². The minimum absolute atomic E-state index is 0.0690. The minimum atomic E-state index is -0.202. The summed E-state index contributed by atoms with van der Waals surface area (Å²) >= 11 is 0. The van der Waals surface area contributed by atoms with Crippen molar-refractivity contribution in [1.82, 2.24) is 24.7 Å². The van der Waals surface area contributed by atoms with Crippen molar-refractivity contribution >= 4 is 17.5 Å². The van der Waals surface area contributed by atoms with Gasteiger partial charge in [0.1, 0.15) is 11.5 Å². The molecule has 2 aromatic rings. The van der Waals surface area contributed by atoms with Crippen LogP contribution in [0.1, 0.15) is 31.6 Å². The van der Waals surface area contributed by atoms with Crippen LogP contribution in [-0.2, 0) is 16.1 Å². The first-order valence-corrected chi connectivity index (χ1v) is 8.70. The van der Waals surface area contributed by atoms with Gasteiger partial charge in [-0.2, -0.15) is 10.2 Å². The summed E-state index contributed by atoms with van der Waals surface area (Å²) in [5.41, 5.74) is 1.38. The van der Waals surface area contributed by atoms with Crippen molar-refractivity contribution in [3.63, 3.8) is 0 Å². The molecule has 8 nitrogen and oxygen atoms in total. The fourth-order valence-corrected chi connectivity index (χ4v) is 3.34. The average Bonchev–Trinajstić information content (AvgIpc) is 3.10. The number of hydrogen-bond acceptors (Lipinski definition) is 5. The van der Waals surface area contributed by atoms with Gasteiger partial charge < -0.3 is 4.90 Å². The fourth-order valence-electron chi connectivity index (χ4n) is 3.34. The third kappa shape index (κ3) is 2.77. The Kier molecular flexibility index (Phi) is 4.02. The van der Waals surface area contributed by atoms with Gasteiger partial charge in [0, 0.05) is 32.0 Å². The van der Waals surface area contributed by atoms with E-state index >= 15 is 0 Å². The van der Waals surface area contributed by atoms with Crippen LogP contribution in [-0.4, -0.2) is 55.8 Å². The molecule has 0 saturated carbocycles. The number of fused-ring (bicyclic) bond motifs is 1. The monoisotopic (exact) mass is 352 g/mol. The zero-order valence-electron chi connectivity index (χ0n) is 14.8. The SMILES string of the molecule is C[C@H]1c2nc(-c3ccccc3)nn2CCN1C(=O)C1=NN(C)C(=O)CC1. The molecular formula is C18H20N6O2. The summed E-state index contributed by atoms with van der Waals surface area (Å²) in [6.45, 7) is 3.08. The van der Waals surface area contributed by atoms with Crippen molar-refractivity contribution in [3.05, 3.63) is 36.2 Å². The first-order chi connectivity index (χ1) is 12.5. The summed E-state index contributed by atoms with van der Waals surface area (Å²) in [5, 5.41) is 9.98. The van der Waals surface area contributed by atoms with Gasteiger partial charge in [0.15, 0.2) is 5.82 Å². The highest BCUT2D eigenvalue weighted by Crippen LogP contribution is 2.27. The summed E-state index contributed by atoms with van der Waals surface area (Å²) in [7, 11) is 1.58. The van der Waals surface area contributed by atoms with Gasteiger partial charge in [-0.25, -0.2) is 14.7 Å². The lowest BCUT2D eigenvalue weighted by Crippen LogP contribution is -2.46. The Hall–Kier alpha value is -3.03. The molecule has 1 atom stereocenters. The van der Waals surface area contributed by atoms with Gasteiger partial charge in [0.25, 0.3) is 5.91 Å². The third-order valence-electron chi connectivity index (χ3n) is 4.84. The Labute approximate surface area is 151 Å². The van der Waals surface area contributed by atoms with Gasteiger partial charge in [-0.1, -0.05) is 30.3 Å². The zero-order chi connectivity index (χ0) is 18.3. The van der Waals surface area contributed by atoms with Gasteiger partial charge in [-0.05, 0) is 6.92 Å². The molecule has 134 valence electrons. The molecule has 0 aliphatic carbocycles. The van der Waals surface area contributed by atoms with Crippen molar-refractivity contribution < 1.29 is 9.59 Å². The van der Waals surface area contributed by atoms with E-state index < -0.39 is 0 Å². The van der Waals surface area contributed by atoms with E-state index in [1.165, 1.54) is 5.01 Å². The lowest BCUT2D eigenvalue weighted by molar-refractivity contribution is -0.131. The summed E-state index contributed by atoms with van der Waals surface area (Å²) < 4.78 is 1.87. The highest BCUT2D eigenvalue weighted by molar-refractivity contribution is 6.39. The second kappa shape index (κ2) is 6.36. The smallest absolute Gasteiger partial charge is 0.270 e. The van der Waals surface area contributed by atoms with Crippen LogP contribution in [0.15, 0.2) is 35.4 Å². The maximum absolute atomic E-state index is 12.9. The summed E-state index contributed by atoms with van der Waals surface area (Å²) in [5.74, 6) is 1.24. The Morgan fingerprint density at radius 1 is 1.15 bits per heavy atom. The number of nitrogens with zero attached hydrogens (tertiary/aromatic N) is 6. The van der Waals surface area contributed by atoms with E-state index in [4.69, 9.17) is 0 Å². The molecule has 1 aromatic heterocycles. The van der Waals surface area contributed by atoms with E-state index in [9.17, 15) is 9.59 Å². The quantitative estimate of drug-likeness (QED) is 0.819. The van der Waals surface area contributed by atoms with Crippen molar-refractivity contribution in [3.8, 4) is 11.4 Å². The lowest BCUT2D eigenvalue weighted by atomic mass is 10.1. The second-order valence-corrected chi connectivity index (χ2v) is 6.52. The lowest BCUT2D eigenvalue weighted by Gasteiger charge is -2.34. The molecule has 0 radical (unpaired) electrons. The molecule has 0 spiro atoms. The minimum Gasteiger partial charge on any atom is -0.326 e. The van der Waals surface area contributed by atoms with Crippen LogP contribution in [0.25, 0.3) is 11.4 Å². The number of aromatic nitrogens is 3. The van der Waals surface area contributed by atoms with E-state index in [2.05, 4.69) is 15.2 Å². The summed E-state index contributed by atoms with van der Waals surface area (Å²) in [6, 6.07) is 9.60. The highest BCUT2D eigenvalue weighted by atomic mass is 16.2. The molecule has 2 aliphatic rings. The van der Waals surface area contributed by atoms with Gasteiger partial charge in [0.2, 0.25) is 5.91 Å². The standard InChI is InChI=1S/C18H20N6O2/c1-12-17-19-16(13-6-4-3-5-7-13)21-24(17)11-10-23(12)18(26)14-8-9-15(25)22(2)20-14/h3-7,12H,8-11H2,1-2H3/t12-/m0/s1. The number of rotatable bonds is 2. The van der Waals surface area contributed by atoms with E-state index in [-0.39, 0.29) is 17.9 Å². The number of hydrazone groups is 1. The van der Waals surface area contributed by atoms with Crippen LogP contribution >= 0.6 is 0 Å². The molecule has 3 heterocycles. The van der Waals surface area contributed by atoms with E-state index in [1.54, 1.807) is 11.9 Å². The first-order valence-electron chi connectivity index (χ1n) is 8.70. The Morgan fingerprint density at radius 3 is 2.65 bits per heavy atom. The number of carbonyl (C=O) groups is 2. The number of benzene rings is 1. The molecule has 1 aromatic carbocycles. The van der Waals surface area contributed by atoms with Gasteiger partial charge in [-0.15, -0.1) is 0 Å². The summed E-state index contributed by atoms with van der Waals surface area (Å²) in [6.07, 6.45) is 0.699. The molecular weight excluding hydrogens is 332 g/mol. The number of amides is 2. The molecule has 4 rings (SSSR count). The Balaban J connectivity index is 1.59. The van der Waals surface area contributed by atoms with Crippen LogP contribution < -0.4 is 0 Å². The normalized spacial score (nSPS) is 20.0. The molecule has 0 fully saturated rings. The van der Waals surface area contributed by atoms with Gasteiger partial charge in [0.05, 0.1) is 12.6 Å². The molecule has 2 aliphatic heterocycles.